The van der Waals surface area contributed by atoms with Crippen molar-refractivity contribution in [2.24, 2.45) is 0 Å². The second-order valence-electron chi connectivity index (χ2n) is 4.34. The summed E-state index contributed by atoms with van der Waals surface area (Å²) in [6, 6.07) is 32.3. The van der Waals surface area contributed by atoms with Gasteiger partial charge in [-0.05, 0) is 23.8 Å². The minimum Gasteiger partial charge on any atom is -0.0622 e. The van der Waals surface area contributed by atoms with Crippen molar-refractivity contribution in [3.8, 4) is 0 Å². The zero-order valence-corrected chi connectivity index (χ0v) is 13.7. The molecule has 3 aromatic carbocycles. The van der Waals surface area contributed by atoms with E-state index in [2.05, 4.69) is 91.0 Å². The smallest absolute Gasteiger partial charge is 0 e. The first-order valence-corrected chi connectivity index (χ1v) is 7.74. The van der Waals surface area contributed by atoms with Gasteiger partial charge in [-0.1, -0.05) is 91.0 Å². The first-order chi connectivity index (χ1) is 9.45. The zero-order valence-electron chi connectivity index (χ0n) is 11.0. The molecule has 0 unspecified atom stereocenters. The number of hydrogen-bond donors (Lipinski definition) is 0. The van der Waals surface area contributed by atoms with Crippen LogP contribution in [-0.4, -0.2) is 0 Å². The van der Waals surface area contributed by atoms with Crippen molar-refractivity contribution in [3.63, 3.8) is 0 Å². The average molecular weight is 360 g/mol. The molecule has 0 amide bonds. The summed E-state index contributed by atoms with van der Waals surface area (Å²) in [5.74, 6) is 0. The third-order valence-corrected chi connectivity index (χ3v) is 5.49. The molecule has 0 aromatic heterocycles. The van der Waals surface area contributed by atoms with Gasteiger partial charge in [0.2, 0.25) is 0 Å². The Bertz CT molecular complexity index is 529. The van der Waals surface area contributed by atoms with E-state index in [-0.39, 0.29) is 20.1 Å². The van der Waals surface area contributed by atoms with Gasteiger partial charge in [-0.25, -0.2) is 0 Å². The maximum Gasteiger partial charge on any atom is 0 e. The molecule has 0 nitrogen and oxygen atoms in total. The van der Waals surface area contributed by atoms with Crippen LogP contribution in [0.15, 0.2) is 91.0 Å². The average Bonchev–Trinajstić information content (AvgIpc) is 2.51. The first-order valence-electron chi connectivity index (χ1n) is 6.40. The predicted molar refractivity (Wildman–Crippen MR) is 85.1 cm³/mol. The Balaban J connectivity index is 0.00000147. The molecule has 0 saturated heterocycles. The van der Waals surface area contributed by atoms with Crippen LogP contribution in [0.25, 0.3) is 0 Å². The minimum atomic E-state index is -0.446. The molecule has 0 aliphatic carbocycles. The van der Waals surface area contributed by atoms with E-state index in [0.29, 0.717) is 0 Å². The number of rotatable bonds is 3. The molecule has 3 rings (SSSR count). The summed E-state index contributed by atoms with van der Waals surface area (Å²) < 4.78 is 0. The Morgan fingerprint density at radius 3 is 0.900 bits per heavy atom. The predicted octanol–water partition coefficient (Wildman–Crippen LogP) is 3.44. The minimum absolute atomic E-state index is 0. The fourth-order valence-electron chi connectivity index (χ4n) is 2.18. The van der Waals surface area contributed by atoms with Gasteiger partial charge in [0.25, 0.3) is 0 Å². The fourth-order valence-corrected chi connectivity index (χ4v) is 4.48. The standard InChI is InChI=1S/C18H15P.Tc/c1-4-10-16(11-5-1)19(17-12-6-2-7-13-17)18-14-8-3-9-15-18;/h1-15H;. The van der Waals surface area contributed by atoms with Crippen molar-refractivity contribution in [1.82, 2.24) is 0 Å². The van der Waals surface area contributed by atoms with E-state index in [0.717, 1.165) is 0 Å². The van der Waals surface area contributed by atoms with Gasteiger partial charge in [0.1, 0.15) is 0 Å². The van der Waals surface area contributed by atoms with E-state index >= 15 is 0 Å². The quantitative estimate of drug-likeness (QED) is 0.628. The van der Waals surface area contributed by atoms with Gasteiger partial charge in [-0.3, -0.25) is 0 Å². The Morgan fingerprint density at radius 2 is 0.650 bits per heavy atom. The fraction of sp³-hybridized carbons (Fsp3) is 0. The SMILES string of the molecule is [Tc].c1ccc(P(c2ccccc2)c2ccccc2)cc1. The van der Waals surface area contributed by atoms with Gasteiger partial charge in [-0.2, -0.15) is 0 Å². The van der Waals surface area contributed by atoms with Gasteiger partial charge in [0.15, 0.2) is 0 Å². The third kappa shape index (κ3) is 3.44. The maximum atomic E-state index is 2.23. The summed E-state index contributed by atoms with van der Waals surface area (Å²) in [6.07, 6.45) is 0. The van der Waals surface area contributed by atoms with Crippen LogP contribution in [0.1, 0.15) is 0 Å². The van der Waals surface area contributed by atoms with Crippen LogP contribution in [0.5, 0.6) is 0 Å². The van der Waals surface area contributed by atoms with Gasteiger partial charge in [0, 0.05) is 20.1 Å². The van der Waals surface area contributed by atoms with Crippen LogP contribution in [0, 0.1) is 0 Å². The van der Waals surface area contributed by atoms with Crippen LogP contribution >= 0.6 is 7.92 Å². The molecule has 99 valence electrons. The normalized spacial score (nSPS) is 10.1. The summed E-state index contributed by atoms with van der Waals surface area (Å²) in [5, 5.41) is 4.19. The Kier molecular flexibility index (Phi) is 5.68. The molecular weight excluding hydrogens is 345 g/mol. The zero-order chi connectivity index (χ0) is 12.9. The molecule has 2 heteroatoms. The Labute approximate surface area is 135 Å². The summed E-state index contributed by atoms with van der Waals surface area (Å²) in [4.78, 5) is 0. The molecular formula is C18H15PTc. The molecule has 0 saturated carbocycles. The van der Waals surface area contributed by atoms with Crippen LogP contribution in [-0.2, 0) is 20.1 Å². The largest absolute Gasteiger partial charge is 0.0622 e. The summed E-state index contributed by atoms with van der Waals surface area (Å²) in [7, 11) is -0.446. The van der Waals surface area contributed by atoms with E-state index in [4.69, 9.17) is 0 Å². The maximum absolute atomic E-state index is 2.23. The third-order valence-electron chi connectivity index (χ3n) is 3.04. The van der Waals surface area contributed by atoms with Gasteiger partial charge < -0.3 is 0 Å². The van der Waals surface area contributed by atoms with E-state index < -0.39 is 7.92 Å². The van der Waals surface area contributed by atoms with E-state index in [1.165, 1.54) is 15.9 Å². The molecule has 0 atom stereocenters. The monoisotopic (exact) mass is 359 g/mol. The molecule has 0 bridgehead atoms. The number of benzene rings is 3. The molecule has 0 aliphatic heterocycles. The van der Waals surface area contributed by atoms with Crippen molar-refractivity contribution in [1.29, 1.82) is 0 Å². The molecule has 0 heterocycles. The molecule has 0 fully saturated rings. The Hall–Kier alpha value is -1.26. The molecule has 0 spiro atoms. The van der Waals surface area contributed by atoms with E-state index in [9.17, 15) is 0 Å². The van der Waals surface area contributed by atoms with Crippen LogP contribution in [0.2, 0.25) is 0 Å². The van der Waals surface area contributed by atoms with Crippen LogP contribution in [0.4, 0.5) is 0 Å². The van der Waals surface area contributed by atoms with Crippen molar-refractivity contribution in [2.45, 2.75) is 0 Å². The Morgan fingerprint density at radius 1 is 0.400 bits per heavy atom. The van der Waals surface area contributed by atoms with E-state index in [1.54, 1.807) is 0 Å². The van der Waals surface area contributed by atoms with Crippen molar-refractivity contribution < 1.29 is 20.1 Å². The van der Waals surface area contributed by atoms with Crippen molar-refractivity contribution >= 4 is 23.8 Å². The van der Waals surface area contributed by atoms with Gasteiger partial charge in [-0.15, -0.1) is 0 Å². The molecule has 3 aromatic rings. The second-order valence-corrected chi connectivity index (χ2v) is 6.56. The first kappa shape index (κ1) is 15.1. The van der Waals surface area contributed by atoms with Crippen molar-refractivity contribution in [3.05, 3.63) is 91.0 Å². The molecule has 1 radical (unpaired) electrons. The molecule has 0 N–H and O–H groups in total. The van der Waals surface area contributed by atoms with Crippen molar-refractivity contribution in [2.75, 3.05) is 0 Å². The summed E-state index contributed by atoms with van der Waals surface area (Å²) in [5.41, 5.74) is 0. The van der Waals surface area contributed by atoms with Crippen LogP contribution in [0.3, 0.4) is 0 Å². The second kappa shape index (κ2) is 7.50. The topological polar surface area (TPSA) is 0 Å². The van der Waals surface area contributed by atoms with E-state index in [1.807, 2.05) is 0 Å². The van der Waals surface area contributed by atoms with Gasteiger partial charge >= 0.3 is 0 Å². The molecule has 20 heavy (non-hydrogen) atoms. The number of hydrogen-bond acceptors (Lipinski definition) is 0. The van der Waals surface area contributed by atoms with Crippen LogP contribution < -0.4 is 15.9 Å². The molecule has 0 aliphatic rings. The summed E-state index contributed by atoms with van der Waals surface area (Å²) in [6.45, 7) is 0. The summed E-state index contributed by atoms with van der Waals surface area (Å²) >= 11 is 0. The van der Waals surface area contributed by atoms with Gasteiger partial charge in [0.05, 0.1) is 0 Å².